The first-order chi connectivity index (χ1) is 10.9. The first-order valence-corrected chi connectivity index (χ1v) is 7.72. The van der Waals surface area contributed by atoms with Crippen molar-refractivity contribution >= 4 is 22.7 Å². The smallest absolute Gasteiger partial charge is 0.0960 e. The number of aromatic nitrogens is 1. The number of allylic oxidation sites excluding steroid dienone is 4. The second-order valence-electron chi connectivity index (χ2n) is 5.66. The Morgan fingerprint density at radius 3 is 3.05 bits per heavy atom. The molecule has 0 fully saturated rings. The fourth-order valence-electron chi connectivity index (χ4n) is 2.99. The van der Waals surface area contributed by atoms with E-state index in [0.717, 1.165) is 41.5 Å². The van der Waals surface area contributed by atoms with E-state index in [1.54, 1.807) is 0 Å². The van der Waals surface area contributed by atoms with Crippen molar-refractivity contribution in [1.82, 2.24) is 4.98 Å². The van der Waals surface area contributed by atoms with Gasteiger partial charge in [0.25, 0.3) is 0 Å². The van der Waals surface area contributed by atoms with E-state index in [9.17, 15) is 0 Å². The van der Waals surface area contributed by atoms with Gasteiger partial charge in [-0.25, -0.2) is 4.98 Å². The number of hydrogen-bond donors (Lipinski definition) is 1. The third-order valence-corrected chi connectivity index (χ3v) is 4.15. The second kappa shape index (κ2) is 5.78. The van der Waals surface area contributed by atoms with Crippen LogP contribution in [0, 0.1) is 0 Å². The molecule has 0 aliphatic heterocycles. The molecular formula is C19H18N2O. The number of anilines is 1. The molecule has 0 atom stereocenters. The van der Waals surface area contributed by atoms with Crippen molar-refractivity contribution in [2.75, 3.05) is 12.1 Å². The molecule has 0 saturated heterocycles. The average Bonchev–Trinajstić information content (AvgIpc) is 3.03. The lowest BCUT2D eigenvalue weighted by atomic mass is 10.1. The van der Waals surface area contributed by atoms with Crippen molar-refractivity contribution in [2.24, 2.45) is 0 Å². The van der Waals surface area contributed by atoms with Crippen LogP contribution in [0.25, 0.3) is 17.0 Å². The predicted molar refractivity (Wildman–Crippen MR) is 90.5 cm³/mol. The fraction of sp³-hybridized carbons (Fsp3) is 0.211. The molecule has 0 radical (unpaired) electrons. The Labute approximate surface area is 130 Å². The van der Waals surface area contributed by atoms with Gasteiger partial charge >= 0.3 is 0 Å². The van der Waals surface area contributed by atoms with Gasteiger partial charge in [-0.3, -0.25) is 10.3 Å². The summed E-state index contributed by atoms with van der Waals surface area (Å²) in [5.74, 6) is 0. The van der Waals surface area contributed by atoms with E-state index >= 15 is 0 Å². The Bertz CT molecular complexity index is 802. The van der Waals surface area contributed by atoms with Crippen LogP contribution in [0.4, 0.5) is 5.69 Å². The SMILES string of the molecule is C1=CCCC(CONc2c3c(nc4ccccc24)C=CC3)=C1. The molecule has 0 unspecified atom stereocenters. The van der Waals surface area contributed by atoms with Crippen molar-refractivity contribution in [3.63, 3.8) is 0 Å². The van der Waals surface area contributed by atoms with E-state index in [1.807, 2.05) is 18.2 Å². The van der Waals surface area contributed by atoms with Crippen LogP contribution in [0.3, 0.4) is 0 Å². The monoisotopic (exact) mass is 290 g/mol. The van der Waals surface area contributed by atoms with Crippen LogP contribution in [0.2, 0.25) is 0 Å². The van der Waals surface area contributed by atoms with Crippen molar-refractivity contribution in [3.05, 3.63) is 65.4 Å². The fourth-order valence-corrected chi connectivity index (χ4v) is 2.99. The number of nitrogens with zero attached hydrogens (tertiary/aromatic N) is 1. The number of rotatable bonds is 4. The highest BCUT2D eigenvalue weighted by atomic mass is 16.6. The molecule has 110 valence electrons. The first-order valence-electron chi connectivity index (χ1n) is 7.72. The molecule has 1 heterocycles. The molecule has 2 aromatic rings. The van der Waals surface area contributed by atoms with Gasteiger partial charge < -0.3 is 0 Å². The maximum atomic E-state index is 5.78. The largest absolute Gasteiger partial charge is 0.272 e. The minimum atomic E-state index is 0.614. The first kappa shape index (κ1) is 13.3. The van der Waals surface area contributed by atoms with Crippen LogP contribution in [0.1, 0.15) is 24.1 Å². The zero-order valence-corrected chi connectivity index (χ0v) is 12.4. The van der Waals surface area contributed by atoms with Crippen molar-refractivity contribution in [2.45, 2.75) is 19.3 Å². The van der Waals surface area contributed by atoms with E-state index < -0.39 is 0 Å². The van der Waals surface area contributed by atoms with E-state index in [-0.39, 0.29) is 0 Å². The number of fused-ring (bicyclic) bond motifs is 2. The summed E-state index contributed by atoms with van der Waals surface area (Å²) in [4.78, 5) is 10.5. The highest BCUT2D eigenvalue weighted by molar-refractivity contribution is 5.95. The summed E-state index contributed by atoms with van der Waals surface area (Å²) in [6, 6.07) is 8.19. The van der Waals surface area contributed by atoms with Crippen LogP contribution in [-0.4, -0.2) is 11.6 Å². The summed E-state index contributed by atoms with van der Waals surface area (Å²) in [5.41, 5.74) is 8.83. The number of hydrogen-bond acceptors (Lipinski definition) is 3. The molecular weight excluding hydrogens is 272 g/mol. The molecule has 2 aliphatic rings. The standard InChI is InChI=1S/C19H18N2O/c1-2-7-14(8-3-1)13-22-21-19-15-9-4-5-11-17(15)20-18-12-6-10-16(18)19/h1-2,4-7,9,11-12H,3,8,10,13H2,(H,20,21). The third kappa shape index (κ3) is 2.44. The Hall–Kier alpha value is -2.39. The average molecular weight is 290 g/mol. The Morgan fingerprint density at radius 1 is 1.18 bits per heavy atom. The molecule has 1 N–H and O–H groups in total. The Morgan fingerprint density at radius 2 is 2.14 bits per heavy atom. The van der Waals surface area contributed by atoms with E-state index in [4.69, 9.17) is 9.82 Å². The number of benzene rings is 1. The van der Waals surface area contributed by atoms with E-state index in [0.29, 0.717) is 6.61 Å². The Kier molecular flexibility index (Phi) is 3.49. The molecule has 3 heteroatoms. The molecule has 4 rings (SSSR count). The van der Waals surface area contributed by atoms with Gasteiger partial charge in [0.15, 0.2) is 0 Å². The topological polar surface area (TPSA) is 34.1 Å². The maximum Gasteiger partial charge on any atom is 0.0960 e. The highest BCUT2D eigenvalue weighted by Crippen LogP contribution is 2.32. The quantitative estimate of drug-likeness (QED) is 0.846. The molecule has 0 saturated carbocycles. The summed E-state index contributed by atoms with van der Waals surface area (Å²) >= 11 is 0. The zero-order valence-electron chi connectivity index (χ0n) is 12.4. The van der Waals surface area contributed by atoms with Crippen LogP contribution in [-0.2, 0) is 11.3 Å². The predicted octanol–water partition coefficient (Wildman–Crippen LogP) is 4.42. The molecule has 0 bridgehead atoms. The van der Waals surface area contributed by atoms with Gasteiger partial charge in [0.05, 0.1) is 23.5 Å². The third-order valence-electron chi connectivity index (χ3n) is 4.15. The number of para-hydroxylation sites is 1. The lowest BCUT2D eigenvalue weighted by Gasteiger charge is -2.15. The maximum absolute atomic E-state index is 5.78. The van der Waals surface area contributed by atoms with Gasteiger partial charge in [-0.05, 0) is 37.0 Å². The summed E-state index contributed by atoms with van der Waals surface area (Å²) in [5, 5.41) is 1.11. The molecule has 22 heavy (non-hydrogen) atoms. The molecule has 0 spiro atoms. The molecule has 2 aliphatic carbocycles. The van der Waals surface area contributed by atoms with Crippen LogP contribution in [0.15, 0.2) is 54.1 Å². The molecule has 1 aromatic carbocycles. The van der Waals surface area contributed by atoms with Crippen LogP contribution < -0.4 is 5.48 Å². The normalized spacial score (nSPS) is 15.9. The molecule has 0 amide bonds. The number of nitrogens with one attached hydrogen (secondary N) is 1. The summed E-state index contributed by atoms with van der Waals surface area (Å²) < 4.78 is 0. The summed E-state index contributed by atoms with van der Waals surface area (Å²) in [6.45, 7) is 0.614. The van der Waals surface area contributed by atoms with E-state index in [2.05, 4.69) is 41.9 Å². The van der Waals surface area contributed by atoms with Gasteiger partial charge in [-0.1, -0.05) is 42.5 Å². The Balaban J connectivity index is 1.61. The van der Waals surface area contributed by atoms with Crippen molar-refractivity contribution < 1.29 is 4.84 Å². The minimum Gasteiger partial charge on any atom is -0.272 e. The summed E-state index contributed by atoms with van der Waals surface area (Å²) in [7, 11) is 0. The lowest BCUT2D eigenvalue weighted by molar-refractivity contribution is 0.218. The van der Waals surface area contributed by atoms with Gasteiger partial charge in [0, 0.05) is 10.9 Å². The second-order valence-corrected chi connectivity index (χ2v) is 5.66. The zero-order chi connectivity index (χ0) is 14.8. The summed E-state index contributed by atoms with van der Waals surface area (Å²) in [6.07, 6.45) is 13.8. The highest BCUT2D eigenvalue weighted by Gasteiger charge is 2.16. The van der Waals surface area contributed by atoms with Crippen molar-refractivity contribution in [1.29, 1.82) is 0 Å². The van der Waals surface area contributed by atoms with Gasteiger partial charge in [0.2, 0.25) is 0 Å². The van der Waals surface area contributed by atoms with Crippen LogP contribution >= 0.6 is 0 Å². The van der Waals surface area contributed by atoms with Crippen molar-refractivity contribution in [3.8, 4) is 0 Å². The minimum absolute atomic E-state index is 0.614. The number of pyridine rings is 1. The van der Waals surface area contributed by atoms with Crippen LogP contribution in [0.5, 0.6) is 0 Å². The van der Waals surface area contributed by atoms with Gasteiger partial charge in [0.1, 0.15) is 0 Å². The van der Waals surface area contributed by atoms with E-state index in [1.165, 1.54) is 11.1 Å². The lowest BCUT2D eigenvalue weighted by Crippen LogP contribution is -2.09. The molecule has 3 nitrogen and oxygen atoms in total. The van der Waals surface area contributed by atoms with Gasteiger partial charge in [-0.15, -0.1) is 0 Å². The van der Waals surface area contributed by atoms with Gasteiger partial charge in [-0.2, -0.15) is 0 Å². The molecule has 1 aromatic heterocycles.